The van der Waals surface area contributed by atoms with Crippen LogP contribution >= 0.6 is 0 Å². The number of rotatable bonds is 3. The normalized spacial score (nSPS) is 24.8. The summed E-state index contributed by atoms with van der Waals surface area (Å²) >= 11 is 0. The fourth-order valence-corrected chi connectivity index (χ4v) is 3.14. The predicted molar refractivity (Wildman–Crippen MR) is 73.9 cm³/mol. The van der Waals surface area contributed by atoms with Gasteiger partial charge in [-0.1, -0.05) is 18.2 Å². The molecule has 1 saturated heterocycles. The number of hydrogen-bond acceptors (Lipinski definition) is 2. The van der Waals surface area contributed by atoms with Gasteiger partial charge in [-0.15, -0.1) is 0 Å². The molecule has 1 fully saturated rings. The highest BCUT2D eigenvalue weighted by molar-refractivity contribution is 5.35. The molecule has 2 aliphatic rings. The van der Waals surface area contributed by atoms with Crippen molar-refractivity contribution in [2.75, 3.05) is 13.2 Å². The zero-order valence-electron chi connectivity index (χ0n) is 11.2. The van der Waals surface area contributed by atoms with Gasteiger partial charge in [-0.25, -0.2) is 0 Å². The Labute approximate surface area is 110 Å². The first-order valence-corrected chi connectivity index (χ1v) is 7.28. The molecular weight excluding hydrogens is 222 g/mol. The van der Waals surface area contributed by atoms with E-state index in [0.717, 1.165) is 19.6 Å². The van der Waals surface area contributed by atoms with Gasteiger partial charge in [0.25, 0.3) is 0 Å². The van der Waals surface area contributed by atoms with Crippen molar-refractivity contribution in [3.63, 3.8) is 0 Å². The molecule has 2 unspecified atom stereocenters. The summed E-state index contributed by atoms with van der Waals surface area (Å²) in [6.45, 7) is 4.05. The van der Waals surface area contributed by atoms with Crippen molar-refractivity contribution >= 4 is 0 Å². The highest BCUT2D eigenvalue weighted by Gasteiger charge is 2.19. The fourth-order valence-electron chi connectivity index (χ4n) is 3.14. The van der Waals surface area contributed by atoms with Crippen molar-refractivity contribution in [1.82, 2.24) is 5.32 Å². The minimum absolute atomic E-state index is 0.434. The molecule has 2 atom stereocenters. The van der Waals surface area contributed by atoms with Crippen molar-refractivity contribution in [2.24, 2.45) is 0 Å². The molecule has 0 radical (unpaired) electrons. The van der Waals surface area contributed by atoms with Crippen molar-refractivity contribution in [2.45, 2.75) is 51.1 Å². The van der Waals surface area contributed by atoms with E-state index in [9.17, 15) is 0 Å². The van der Waals surface area contributed by atoms with E-state index in [4.69, 9.17) is 4.74 Å². The molecule has 0 amide bonds. The summed E-state index contributed by atoms with van der Waals surface area (Å²) in [7, 11) is 0. The molecule has 0 saturated carbocycles. The largest absolute Gasteiger partial charge is 0.380 e. The Bertz CT molecular complexity index is 410. The van der Waals surface area contributed by atoms with E-state index in [1.165, 1.54) is 31.2 Å². The van der Waals surface area contributed by atoms with E-state index >= 15 is 0 Å². The first-order chi connectivity index (χ1) is 8.83. The van der Waals surface area contributed by atoms with Crippen molar-refractivity contribution < 1.29 is 4.74 Å². The van der Waals surface area contributed by atoms with Gasteiger partial charge in [-0.05, 0) is 55.7 Å². The summed E-state index contributed by atoms with van der Waals surface area (Å²) in [5.41, 5.74) is 4.58. The Morgan fingerprint density at radius 2 is 2.06 bits per heavy atom. The molecule has 1 heterocycles. The van der Waals surface area contributed by atoms with Crippen molar-refractivity contribution in [3.8, 4) is 0 Å². The number of nitrogens with one attached hydrogen (secondary N) is 1. The van der Waals surface area contributed by atoms with Crippen LogP contribution in [0.2, 0.25) is 0 Å². The topological polar surface area (TPSA) is 21.3 Å². The standard InChI is InChI=1S/C16H23NO/c1-12(17-16-8-9-18-11-16)14-7-6-13-4-2-3-5-15(13)10-14/h6-7,10,12,16-17H,2-5,8-9,11H2,1H3. The number of hydrogen-bond donors (Lipinski definition) is 1. The summed E-state index contributed by atoms with van der Waals surface area (Å²) in [5.74, 6) is 0. The number of aryl methyl sites for hydroxylation is 2. The fraction of sp³-hybridized carbons (Fsp3) is 0.625. The van der Waals surface area contributed by atoms with Gasteiger partial charge in [-0.2, -0.15) is 0 Å². The molecule has 1 N–H and O–H groups in total. The maximum Gasteiger partial charge on any atom is 0.0620 e. The van der Waals surface area contributed by atoms with Crippen LogP contribution in [0.3, 0.4) is 0 Å². The van der Waals surface area contributed by atoms with Crippen LogP contribution in [0.5, 0.6) is 0 Å². The Kier molecular flexibility index (Phi) is 3.67. The van der Waals surface area contributed by atoms with Gasteiger partial charge in [0.2, 0.25) is 0 Å². The van der Waals surface area contributed by atoms with Crippen LogP contribution in [0.15, 0.2) is 18.2 Å². The van der Waals surface area contributed by atoms with Crippen LogP contribution in [0, 0.1) is 0 Å². The van der Waals surface area contributed by atoms with Crippen LogP contribution in [-0.4, -0.2) is 19.3 Å². The van der Waals surface area contributed by atoms with Gasteiger partial charge < -0.3 is 10.1 Å². The van der Waals surface area contributed by atoms with Crippen molar-refractivity contribution in [3.05, 3.63) is 34.9 Å². The molecule has 0 spiro atoms. The molecule has 1 aliphatic heterocycles. The maximum atomic E-state index is 5.42. The third kappa shape index (κ3) is 2.60. The molecule has 3 rings (SSSR count). The highest BCUT2D eigenvalue weighted by atomic mass is 16.5. The first-order valence-electron chi connectivity index (χ1n) is 7.28. The molecule has 2 heteroatoms. The minimum atomic E-state index is 0.434. The van der Waals surface area contributed by atoms with Crippen molar-refractivity contribution in [1.29, 1.82) is 0 Å². The molecule has 98 valence electrons. The second kappa shape index (κ2) is 5.41. The Morgan fingerprint density at radius 3 is 2.83 bits per heavy atom. The Hall–Kier alpha value is -0.860. The summed E-state index contributed by atoms with van der Waals surface area (Å²) in [6, 6.07) is 8.03. The van der Waals surface area contributed by atoms with Gasteiger partial charge in [0.15, 0.2) is 0 Å². The molecule has 1 aliphatic carbocycles. The van der Waals surface area contributed by atoms with Crippen LogP contribution in [0.4, 0.5) is 0 Å². The zero-order valence-corrected chi connectivity index (χ0v) is 11.2. The van der Waals surface area contributed by atoms with Gasteiger partial charge in [-0.3, -0.25) is 0 Å². The predicted octanol–water partition coefficient (Wildman–Crippen LogP) is 3.00. The monoisotopic (exact) mass is 245 g/mol. The van der Waals surface area contributed by atoms with Crippen LogP contribution in [0.25, 0.3) is 0 Å². The average molecular weight is 245 g/mol. The second-order valence-electron chi connectivity index (χ2n) is 5.68. The Morgan fingerprint density at radius 1 is 1.22 bits per heavy atom. The van der Waals surface area contributed by atoms with Gasteiger partial charge >= 0.3 is 0 Å². The third-order valence-electron chi connectivity index (χ3n) is 4.29. The summed E-state index contributed by atoms with van der Waals surface area (Å²) in [4.78, 5) is 0. The Balaban J connectivity index is 1.70. The van der Waals surface area contributed by atoms with E-state index in [0.29, 0.717) is 12.1 Å². The van der Waals surface area contributed by atoms with Crippen LogP contribution in [0.1, 0.15) is 48.9 Å². The summed E-state index contributed by atoms with van der Waals surface area (Å²) < 4.78 is 5.42. The van der Waals surface area contributed by atoms with Gasteiger partial charge in [0, 0.05) is 18.7 Å². The number of ether oxygens (including phenoxy) is 1. The molecule has 1 aromatic rings. The molecule has 2 nitrogen and oxygen atoms in total. The lowest BCUT2D eigenvalue weighted by Gasteiger charge is -2.22. The molecular formula is C16H23NO. The lowest BCUT2D eigenvalue weighted by molar-refractivity contribution is 0.188. The molecule has 0 bridgehead atoms. The average Bonchev–Trinajstić information content (AvgIpc) is 2.91. The van der Waals surface area contributed by atoms with Gasteiger partial charge in [0.1, 0.15) is 0 Å². The minimum Gasteiger partial charge on any atom is -0.380 e. The number of benzene rings is 1. The molecule has 1 aromatic carbocycles. The number of fused-ring (bicyclic) bond motifs is 1. The highest BCUT2D eigenvalue weighted by Crippen LogP contribution is 2.25. The van der Waals surface area contributed by atoms with E-state index in [2.05, 4.69) is 30.4 Å². The zero-order chi connectivity index (χ0) is 12.4. The van der Waals surface area contributed by atoms with E-state index < -0.39 is 0 Å². The quantitative estimate of drug-likeness (QED) is 0.884. The van der Waals surface area contributed by atoms with Crippen LogP contribution < -0.4 is 5.32 Å². The van der Waals surface area contributed by atoms with E-state index in [1.54, 1.807) is 11.1 Å². The van der Waals surface area contributed by atoms with Crippen LogP contribution in [-0.2, 0) is 17.6 Å². The summed E-state index contributed by atoms with van der Waals surface area (Å²) in [6.07, 6.45) is 6.40. The lowest BCUT2D eigenvalue weighted by atomic mass is 9.89. The lowest BCUT2D eigenvalue weighted by Crippen LogP contribution is -2.31. The first kappa shape index (κ1) is 12.2. The van der Waals surface area contributed by atoms with Gasteiger partial charge in [0.05, 0.1) is 6.61 Å². The second-order valence-corrected chi connectivity index (χ2v) is 5.68. The van der Waals surface area contributed by atoms with E-state index in [-0.39, 0.29) is 0 Å². The SMILES string of the molecule is CC(NC1CCOC1)c1ccc2c(c1)CCCC2. The smallest absolute Gasteiger partial charge is 0.0620 e. The maximum absolute atomic E-state index is 5.42. The molecule has 18 heavy (non-hydrogen) atoms. The third-order valence-corrected chi connectivity index (χ3v) is 4.29. The molecule has 0 aromatic heterocycles. The van der Waals surface area contributed by atoms with E-state index in [1.807, 2.05) is 0 Å². The summed E-state index contributed by atoms with van der Waals surface area (Å²) in [5, 5.41) is 3.68.